The average molecular weight is 320 g/mol. The predicted octanol–water partition coefficient (Wildman–Crippen LogP) is 4.11. The van der Waals surface area contributed by atoms with Crippen LogP contribution in [0.3, 0.4) is 0 Å². The van der Waals surface area contributed by atoms with Gasteiger partial charge >= 0.3 is 0 Å². The summed E-state index contributed by atoms with van der Waals surface area (Å²) in [4.78, 5) is 0. The third-order valence-electron chi connectivity index (χ3n) is 3.23. The molecular formula is C17H16N6O. The second kappa shape index (κ2) is 6.76. The highest BCUT2D eigenvalue weighted by molar-refractivity contribution is 5.64. The van der Waals surface area contributed by atoms with Crippen molar-refractivity contribution >= 4 is 11.6 Å². The fraction of sp³-hybridized carbons (Fsp3) is 0.235. The van der Waals surface area contributed by atoms with Crippen molar-refractivity contribution in [2.45, 2.75) is 26.2 Å². The number of benzene rings is 1. The Balaban J connectivity index is 2.42. The van der Waals surface area contributed by atoms with E-state index in [2.05, 4.69) is 20.4 Å². The summed E-state index contributed by atoms with van der Waals surface area (Å²) in [5, 5.41) is 43.0. The SMILES string of the molecule is CC(C)(C)c1[nH]nc(/N=N/C(C#N)=C(\O)c2ccccc2)c1C#N. The van der Waals surface area contributed by atoms with Crippen molar-refractivity contribution in [3.05, 3.63) is 52.8 Å². The number of hydrogen-bond donors (Lipinski definition) is 2. The average Bonchev–Trinajstić information content (AvgIpc) is 2.99. The molecular weight excluding hydrogens is 304 g/mol. The first kappa shape index (κ1) is 16.9. The van der Waals surface area contributed by atoms with E-state index in [1.54, 1.807) is 36.4 Å². The molecule has 24 heavy (non-hydrogen) atoms. The lowest BCUT2D eigenvalue weighted by atomic mass is 9.90. The Kier molecular flexibility index (Phi) is 4.76. The number of nitriles is 2. The molecule has 0 amide bonds. The topological polar surface area (TPSA) is 121 Å². The van der Waals surface area contributed by atoms with Gasteiger partial charge in [0.25, 0.3) is 0 Å². The smallest absolute Gasteiger partial charge is 0.213 e. The Hall–Kier alpha value is -3.45. The third-order valence-corrected chi connectivity index (χ3v) is 3.23. The van der Waals surface area contributed by atoms with E-state index in [-0.39, 0.29) is 28.3 Å². The van der Waals surface area contributed by atoms with Crippen molar-refractivity contribution in [1.82, 2.24) is 10.2 Å². The highest BCUT2D eigenvalue weighted by atomic mass is 16.3. The summed E-state index contributed by atoms with van der Waals surface area (Å²) in [6.45, 7) is 5.80. The summed E-state index contributed by atoms with van der Waals surface area (Å²) < 4.78 is 0. The number of azo groups is 1. The number of nitrogens with zero attached hydrogens (tertiary/aromatic N) is 5. The van der Waals surface area contributed by atoms with Gasteiger partial charge in [-0.25, -0.2) is 0 Å². The monoisotopic (exact) mass is 320 g/mol. The van der Waals surface area contributed by atoms with Crippen LogP contribution in [-0.4, -0.2) is 15.3 Å². The number of allylic oxidation sites excluding steroid dienone is 1. The van der Waals surface area contributed by atoms with Crippen LogP contribution in [0.15, 0.2) is 46.3 Å². The zero-order valence-corrected chi connectivity index (χ0v) is 13.6. The molecule has 0 spiro atoms. The number of aliphatic hydroxyl groups excluding tert-OH is 1. The van der Waals surface area contributed by atoms with Crippen molar-refractivity contribution in [2.75, 3.05) is 0 Å². The van der Waals surface area contributed by atoms with Gasteiger partial charge in [0.15, 0.2) is 5.76 Å². The van der Waals surface area contributed by atoms with Gasteiger partial charge in [0.1, 0.15) is 17.7 Å². The van der Waals surface area contributed by atoms with Gasteiger partial charge in [0.05, 0.1) is 5.69 Å². The number of aromatic nitrogens is 2. The first-order chi connectivity index (χ1) is 11.4. The molecule has 0 aliphatic rings. The fourth-order valence-corrected chi connectivity index (χ4v) is 2.01. The third kappa shape index (κ3) is 3.47. The lowest BCUT2D eigenvalue weighted by Crippen LogP contribution is -2.13. The number of aromatic amines is 1. The Morgan fingerprint density at radius 3 is 2.42 bits per heavy atom. The number of nitrogens with one attached hydrogen (secondary N) is 1. The Morgan fingerprint density at radius 2 is 1.88 bits per heavy atom. The van der Waals surface area contributed by atoms with Crippen molar-refractivity contribution in [1.29, 1.82) is 10.5 Å². The highest BCUT2D eigenvalue weighted by Gasteiger charge is 2.24. The van der Waals surface area contributed by atoms with Gasteiger partial charge in [0.2, 0.25) is 11.5 Å². The fourth-order valence-electron chi connectivity index (χ4n) is 2.01. The summed E-state index contributed by atoms with van der Waals surface area (Å²) in [6.07, 6.45) is 0. The molecule has 0 aliphatic carbocycles. The van der Waals surface area contributed by atoms with Crippen LogP contribution in [-0.2, 0) is 5.41 Å². The van der Waals surface area contributed by atoms with E-state index in [0.29, 0.717) is 11.3 Å². The largest absolute Gasteiger partial charge is 0.504 e. The van der Waals surface area contributed by atoms with Gasteiger partial charge in [-0.1, -0.05) is 51.1 Å². The minimum absolute atomic E-state index is 0.0797. The van der Waals surface area contributed by atoms with Crippen LogP contribution in [0.5, 0.6) is 0 Å². The number of hydrogen-bond acceptors (Lipinski definition) is 6. The van der Waals surface area contributed by atoms with E-state index < -0.39 is 0 Å². The predicted molar refractivity (Wildman–Crippen MR) is 88.1 cm³/mol. The van der Waals surface area contributed by atoms with Crippen molar-refractivity contribution < 1.29 is 5.11 Å². The first-order valence-corrected chi connectivity index (χ1v) is 7.18. The minimum Gasteiger partial charge on any atom is -0.504 e. The van der Waals surface area contributed by atoms with Crippen molar-refractivity contribution in [3.8, 4) is 12.1 Å². The molecule has 2 N–H and O–H groups in total. The maximum Gasteiger partial charge on any atom is 0.213 e. The van der Waals surface area contributed by atoms with E-state index in [1.165, 1.54) is 0 Å². The molecule has 0 aliphatic heterocycles. The van der Waals surface area contributed by atoms with Crippen LogP contribution in [0.1, 0.15) is 37.6 Å². The Bertz CT molecular complexity index is 873. The van der Waals surface area contributed by atoms with Crippen LogP contribution in [0.2, 0.25) is 0 Å². The first-order valence-electron chi connectivity index (χ1n) is 7.18. The van der Waals surface area contributed by atoms with Gasteiger partial charge in [-0.2, -0.15) is 15.6 Å². The number of aliphatic hydroxyl groups is 1. The molecule has 0 unspecified atom stereocenters. The molecule has 1 aromatic carbocycles. The summed E-state index contributed by atoms with van der Waals surface area (Å²) in [6, 6.07) is 12.4. The number of H-pyrrole nitrogens is 1. The lowest BCUT2D eigenvalue weighted by Gasteiger charge is -2.15. The van der Waals surface area contributed by atoms with Crippen LogP contribution in [0.25, 0.3) is 5.76 Å². The minimum atomic E-state index is -0.314. The van der Waals surface area contributed by atoms with Crippen LogP contribution < -0.4 is 0 Å². The Labute approximate surface area is 139 Å². The summed E-state index contributed by atoms with van der Waals surface area (Å²) in [5.74, 6) is -0.206. The van der Waals surface area contributed by atoms with Gasteiger partial charge < -0.3 is 5.11 Å². The second-order valence-corrected chi connectivity index (χ2v) is 6.03. The molecule has 7 nitrogen and oxygen atoms in total. The zero-order valence-electron chi connectivity index (χ0n) is 13.6. The summed E-state index contributed by atoms with van der Waals surface area (Å²) >= 11 is 0. The van der Waals surface area contributed by atoms with Gasteiger partial charge in [-0.05, 0) is 0 Å². The second-order valence-electron chi connectivity index (χ2n) is 6.03. The molecule has 0 saturated heterocycles. The molecule has 2 aromatic rings. The van der Waals surface area contributed by atoms with Crippen LogP contribution >= 0.6 is 0 Å². The van der Waals surface area contributed by atoms with Gasteiger partial charge in [-0.3, -0.25) is 5.10 Å². The zero-order chi connectivity index (χ0) is 17.7. The van der Waals surface area contributed by atoms with Crippen LogP contribution in [0.4, 0.5) is 5.82 Å². The molecule has 0 bridgehead atoms. The number of rotatable bonds is 3. The van der Waals surface area contributed by atoms with Crippen LogP contribution in [0, 0.1) is 22.7 Å². The van der Waals surface area contributed by atoms with Gasteiger partial charge in [-0.15, -0.1) is 10.2 Å². The maximum absolute atomic E-state index is 10.1. The molecule has 0 saturated carbocycles. The van der Waals surface area contributed by atoms with Crippen molar-refractivity contribution in [2.24, 2.45) is 10.2 Å². The molecule has 0 fully saturated rings. The normalized spacial score (nSPS) is 12.5. The van der Waals surface area contributed by atoms with Gasteiger partial charge in [0, 0.05) is 11.0 Å². The van der Waals surface area contributed by atoms with E-state index in [9.17, 15) is 15.6 Å². The molecule has 0 atom stereocenters. The Morgan fingerprint density at radius 1 is 1.21 bits per heavy atom. The highest BCUT2D eigenvalue weighted by Crippen LogP contribution is 2.29. The molecule has 1 heterocycles. The molecule has 120 valence electrons. The standard InChI is InChI=1S/C17H16N6O/c1-17(2,3)15-12(9-18)16(23-21-15)22-20-13(10-19)14(24)11-7-5-4-6-8-11/h4-8,24H,1-3H3,(H,21,23)/b14-13-,22-20+. The van der Waals surface area contributed by atoms with E-state index in [0.717, 1.165) is 0 Å². The molecule has 2 rings (SSSR count). The molecule has 0 radical (unpaired) electrons. The molecule has 7 heteroatoms. The summed E-state index contributed by atoms with van der Waals surface area (Å²) in [7, 11) is 0. The maximum atomic E-state index is 10.1. The van der Waals surface area contributed by atoms with Crippen molar-refractivity contribution in [3.63, 3.8) is 0 Å². The lowest BCUT2D eigenvalue weighted by molar-refractivity contribution is 0.507. The molecule has 1 aromatic heterocycles. The summed E-state index contributed by atoms with van der Waals surface area (Å²) in [5.41, 5.74) is 0.777. The van der Waals surface area contributed by atoms with E-state index in [1.807, 2.05) is 26.8 Å². The van der Waals surface area contributed by atoms with E-state index in [4.69, 9.17) is 0 Å². The van der Waals surface area contributed by atoms with E-state index >= 15 is 0 Å². The quantitative estimate of drug-likeness (QED) is 0.502.